The Kier molecular flexibility index (Phi) is 4.22. The highest BCUT2D eigenvalue weighted by atomic mass is 35.5. The number of aryl methyl sites for hydroxylation is 1. The number of aromatic nitrogens is 5. The fourth-order valence-corrected chi connectivity index (χ4v) is 5.92. The molecular formula is C14H15ClN6O2S2. The quantitative estimate of drug-likeness (QED) is 0.670. The predicted molar refractivity (Wildman–Crippen MR) is 93.4 cm³/mol. The van der Waals surface area contributed by atoms with E-state index >= 15 is 0 Å². The standard InChI is InChI=1S/C14H15ClN6O2S2/c1-9-18-19-14(24-9)25(22,23)20-4-2-10(3-5-20)11-7-21-13(6-12(11)15)16-8-17-21/h6-8,10H,2-5H2,1H3. The Hall–Kier alpha value is -1.62. The minimum absolute atomic E-state index is 0.0607. The molecule has 3 aromatic rings. The largest absolute Gasteiger partial charge is 0.272 e. The number of sulfonamides is 1. The molecule has 132 valence electrons. The van der Waals surface area contributed by atoms with Crippen LogP contribution in [0.4, 0.5) is 0 Å². The average Bonchev–Trinajstić information content (AvgIpc) is 3.23. The van der Waals surface area contributed by atoms with Crippen molar-refractivity contribution in [3.8, 4) is 0 Å². The monoisotopic (exact) mass is 398 g/mol. The smallest absolute Gasteiger partial charge is 0.221 e. The molecule has 0 amide bonds. The summed E-state index contributed by atoms with van der Waals surface area (Å²) in [6, 6.07) is 1.79. The van der Waals surface area contributed by atoms with Gasteiger partial charge in [-0.15, -0.1) is 10.2 Å². The molecule has 11 heteroatoms. The van der Waals surface area contributed by atoms with Gasteiger partial charge in [-0.2, -0.15) is 9.40 Å². The molecule has 0 aliphatic carbocycles. The van der Waals surface area contributed by atoms with Gasteiger partial charge >= 0.3 is 0 Å². The fraction of sp³-hybridized carbons (Fsp3) is 0.429. The van der Waals surface area contributed by atoms with Gasteiger partial charge in [0.1, 0.15) is 11.3 Å². The van der Waals surface area contributed by atoms with Crippen LogP contribution >= 0.6 is 22.9 Å². The van der Waals surface area contributed by atoms with Gasteiger partial charge in [0.25, 0.3) is 10.0 Å². The third-order valence-electron chi connectivity index (χ3n) is 4.36. The van der Waals surface area contributed by atoms with Gasteiger partial charge in [-0.1, -0.05) is 22.9 Å². The Morgan fingerprint density at radius 3 is 2.72 bits per heavy atom. The van der Waals surface area contributed by atoms with Crippen molar-refractivity contribution in [3.05, 3.63) is 34.2 Å². The molecule has 0 radical (unpaired) electrons. The molecule has 1 saturated heterocycles. The Labute approximate surface area is 153 Å². The lowest BCUT2D eigenvalue weighted by Crippen LogP contribution is -2.38. The van der Waals surface area contributed by atoms with Crippen molar-refractivity contribution >= 4 is 38.6 Å². The lowest BCUT2D eigenvalue weighted by atomic mass is 9.91. The van der Waals surface area contributed by atoms with E-state index < -0.39 is 10.0 Å². The van der Waals surface area contributed by atoms with Crippen LogP contribution in [0.3, 0.4) is 0 Å². The third kappa shape index (κ3) is 3.03. The van der Waals surface area contributed by atoms with Crippen molar-refractivity contribution < 1.29 is 8.42 Å². The Bertz CT molecular complexity index is 1020. The Balaban J connectivity index is 1.53. The maximum absolute atomic E-state index is 12.6. The highest BCUT2D eigenvalue weighted by Gasteiger charge is 2.33. The van der Waals surface area contributed by atoms with E-state index in [1.807, 2.05) is 6.20 Å². The third-order valence-corrected chi connectivity index (χ3v) is 7.77. The second kappa shape index (κ2) is 6.27. The van der Waals surface area contributed by atoms with Crippen LogP contribution < -0.4 is 0 Å². The number of pyridine rings is 1. The van der Waals surface area contributed by atoms with E-state index in [9.17, 15) is 8.42 Å². The number of halogens is 1. The molecule has 0 N–H and O–H groups in total. The Morgan fingerprint density at radius 1 is 1.28 bits per heavy atom. The highest BCUT2D eigenvalue weighted by Crippen LogP contribution is 2.35. The van der Waals surface area contributed by atoms with E-state index in [0.29, 0.717) is 41.6 Å². The van der Waals surface area contributed by atoms with E-state index in [2.05, 4.69) is 20.3 Å². The van der Waals surface area contributed by atoms with E-state index in [1.54, 1.807) is 17.5 Å². The van der Waals surface area contributed by atoms with Crippen LogP contribution in [0.25, 0.3) is 5.65 Å². The van der Waals surface area contributed by atoms with Crippen molar-refractivity contribution in [1.82, 2.24) is 29.1 Å². The molecule has 8 nitrogen and oxygen atoms in total. The lowest BCUT2D eigenvalue weighted by molar-refractivity contribution is 0.319. The van der Waals surface area contributed by atoms with Crippen LogP contribution in [-0.4, -0.2) is 50.6 Å². The summed E-state index contributed by atoms with van der Waals surface area (Å²) < 4.78 is 28.5. The Morgan fingerprint density at radius 2 is 2.04 bits per heavy atom. The van der Waals surface area contributed by atoms with Crippen LogP contribution in [0.2, 0.25) is 5.02 Å². The van der Waals surface area contributed by atoms with Gasteiger partial charge in [-0.25, -0.2) is 17.9 Å². The van der Waals surface area contributed by atoms with Crippen LogP contribution in [0.1, 0.15) is 29.3 Å². The SMILES string of the molecule is Cc1nnc(S(=O)(=O)N2CCC(c3cn4ncnc4cc3Cl)CC2)s1. The van der Waals surface area contributed by atoms with Crippen LogP contribution in [0.15, 0.2) is 22.9 Å². The maximum atomic E-state index is 12.6. The van der Waals surface area contributed by atoms with Gasteiger partial charge in [0.05, 0.1) is 0 Å². The zero-order valence-electron chi connectivity index (χ0n) is 13.3. The molecule has 1 fully saturated rings. The molecule has 0 atom stereocenters. The first-order chi connectivity index (χ1) is 11.9. The van der Waals surface area contributed by atoms with Gasteiger partial charge in [0.2, 0.25) is 4.34 Å². The van der Waals surface area contributed by atoms with E-state index in [-0.39, 0.29) is 10.3 Å². The van der Waals surface area contributed by atoms with E-state index in [0.717, 1.165) is 16.9 Å². The summed E-state index contributed by atoms with van der Waals surface area (Å²) in [7, 11) is -3.56. The number of nitrogens with zero attached hydrogens (tertiary/aromatic N) is 6. The van der Waals surface area contributed by atoms with Gasteiger partial charge in [-0.3, -0.25) is 0 Å². The summed E-state index contributed by atoms with van der Waals surface area (Å²) in [5.41, 5.74) is 1.67. The summed E-state index contributed by atoms with van der Waals surface area (Å²) in [4.78, 5) is 4.11. The van der Waals surface area contributed by atoms with Crippen molar-refractivity contribution in [2.75, 3.05) is 13.1 Å². The van der Waals surface area contributed by atoms with Crippen LogP contribution in [0.5, 0.6) is 0 Å². The molecule has 0 bridgehead atoms. The number of hydrogen-bond donors (Lipinski definition) is 0. The van der Waals surface area contributed by atoms with Gasteiger partial charge in [0.15, 0.2) is 5.65 Å². The van der Waals surface area contributed by atoms with Crippen LogP contribution in [-0.2, 0) is 10.0 Å². The molecule has 0 aromatic carbocycles. The highest BCUT2D eigenvalue weighted by molar-refractivity contribution is 7.91. The molecular weight excluding hydrogens is 384 g/mol. The van der Waals surface area contributed by atoms with Crippen molar-refractivity contribution in [1.29, 1.82) is 0 Å². The normalized spacial score (nSPS) is 17.4. The first-order valence-corrected chi connectivity index (χ1v) is 10.4. The van der Waals surface area contributed by atoms with E-state index in [4.69, 9.17) is 11.6 Å². The van der Waals surface area contributed by atoms with E-state index in [1.165, 1.54) is 10.6 Å². The number of piperidine rings is 1. The molecule has 1 aliphatic heterocycles. The fourth-order valence-electron chi connectivity index (χ4n) is 3.05. The first-order valence-electron chi connectivity index (χ1n) is 7.74. The molecule has 0 unspecified atom stereocenters. The van der Waals surface area contributed by atoms with Crippen molar-refractivity contribution in [3.63, 3.8) is 0 Å². The van der Waals surface area contributed by atoms with Crippen molar-refractivity contribution in [2.24, 2.45) is 0 Å². The minimum Gasteiger partial charge on any atom is -0.221 e. The molecule has 0 saturated carbocycles. The summed E-state index contributed by atoms with van der Waals surface area (Å²) in [5, 5.41) is 13.0. The summed E-state index contributed by atoms with van der Waals surface area (Å²) >= 11 is 7.49. The predicted octanol–water partition coefficient (Wildman–Crippen LogP) is 2.11. The summed E-state index contributed by atoms with van der Waals surface area (Å²) in [6.45, 7) is 2.60. The van der Waals surface area contributed by atoms with Gasteiger partial charge in [0, 0.05) is 30.4 Å². The molecule has 1 aliphatic rings. The second-order valence-electron chi connectivity index (χ2n) is 5.90. The first kappa shape index (κ1) is 16.8. The topological polar surface area (TPSA) is 93.4 Å². The van der Waals surface area contributed by atoms with Gasteiger partial charge < -0.3 is 0 Å². The number of rotatable bonds is 3. The zero-order valence-corrected chi connectivity index (χ0v) is 15.7. The molecule has 3 aromatic heterocycles. The molecule has 4 rings (SSSR count). The van der Waals surface area contributed by atoms with Crippen LogP contribution in [0, 0.1) is 6.92 Å². The molecule has 0 spiro atoms. The average molecular weight is 399 g/mol. The van der Waals surface area contributed by atoms with Crippen molar-refractivity contribution in [2.45, 2.75) is 30.0 Å². The minimum atomic E-state index is -3.56. The number of fused-ring (bicyclic) bond motifs is 1. The maximum Gasteiger partial charge on any atom is 0.272 e. The lowest BCUT2D eigenvalue weighted by Gasteiger charge is -2.30. The molecule has 4 heterocycles. The summed E-state index contributed by atoms with van der Waals surface area (Å²) in [6.07, 6.45) is 4.75. The zero-order chi connectivity index (χ0) is 17.6. The summed E-state index contributed by atoms with van der Waals surface area (Å²) in [5.74, 6) is 0.184. The second-order valence-corrected chi connectivity index (χ2v) is 9.61. The van der Waals surface area contributed by atoms with Gasteiger partial charge in [-0.05, 0) is 31.2 Å². The molecule has 25 heavy (non-hydrogen) atoms. The number of hydrogen-bond acceptors (Lipinski definition) is 7.